The van der Waals surface area contributed by atoms with Crippen LogP contribution in [-0.4, -0.2) is 36.9 Å². The van der Waals surface area contributed by atoms with Crippen molar-refractivity contribution >= 4 is 21.7 Å². The minimum absolute atomic E-state index is 0.0158. The van der Waals surface area contributed by atoms with Crippen LogP contribution < -0.4 is 5.32 Å². The lowest BCUT2D eigenvalue weighted by Gasteiger charge is -2.31. The maximum atomic E-state index is 13.0. The first-order chi connectivity index (χ1) is 11.9. The zero-order valence-electron chi connectivity index (χ0n) is 13.6. The number of aromatic nitrogens is 1. The fourth-order valence-corrected chi connectivity index (χ4v) is 4.31. The van der Waals surface area contributed by atoms with E-state index in [2.05, 4.69) is 10.5 Å². The summed E-state index contributed by atoms with van der Waals surface area (Å²) in [5.74, 6) is -0.411. The van der Waals surface area contributed by atoms with Gasteiger partial charge in [-0.3, -0.25) is 4.79 Å². The second-order valence-corrected chi connectivity index (χ2v) is 7.91. The van der Waals surface area contributed by atoms with E-state index in [4.69, 9.17) is 4.52 Å². The van der Waals surface area contributed by atoms with Crippen molar-refractivity contribution in [3.8, 4) is 0 Å². The van der Waals surface area contributed by atoms with Gasteiger partial charge in [0.2, 0.25) is 15.9 Å². The second kappa shape index (κ2) is 6.93. The summed E-state index contributed by atoms with van der Waals surface area (Å²) < 4.78 is 44.5. The molecule has 3 rings (SSSR count). The Hall–Kier alpha value is -2.26. The standard InChI is InChI=1S/C16H18FN3O4S/c1-11-9-15(19-24-11)18-16(21)12-3-2-8-20(10-12)25(22,23)14-6-4-13(17)5-7-14/h4-7,9,12H,2-3,8,10H2,1H3,(H,18,19,21)/t12-/m1/s1. The molecule has 1 amide bonds. The average Bonchev–Trinajstić information content (AvgIpc) is 3.00. The Kier molecular flexibility index (Phi) is 4.87. The summed E-state index contributed by atoms with van der Waals surface area (Å²) in [6.45, 7) is 2.11. The number of rotatable bonds is 4. The lowest BCUT2D eigenvalue weighted by atomic mass is 9.99. The van der Waals surface area contributed by atoms with E-state index in [9.17, 15) is 17.6 Å². The van der Waals surface area contributed by atoms with Gasteiger partial charge < -0.3 is 9.84 Å². The van der Waals surface area contributed by atoms with Crippen LogP contribution in [-0.2, 0) is 14.8 Å². The van der Waals surface area contributed by atoms with Crippen LogP contribution >= 0.6 is 0 Å². The maximum absolute atomic E-state index is 13.0. The van der Waals surface area contributed by atoms with E-state index in [1.165, 1.54) is 16.4 Å². The van der Waals surface area contributed by atoms with Crippen molar-refractivity contribution in [2.75, 3.05) is 18.4 Å². The maximum Gasteiger partial charge on any atom is 0.243 e. The number of carbonyl (C=O) groups is 1. The van der Waals surface area contributed by atoms with Gasteiger partial charge in [0, 0.05) is 19.2 Å². The number of anilines is 1. The number of piperidine rings is 1. The zero-order valence-corrected chi connectivity index (χ0v) is 14.4. The Labute approximate surface area is 144 Å². The second-order valence-electron chi connectivity index (χ2n) is 5.97. The summed E-state index contributed by atoms with van der Waals surface area (Å²) >= 11 is 0. The van der Waals surface area contributed by atoms with E-state index >= 15 is 0 Å². The molecule has 1 aliphatic rings. The van der Waals surface area contributed by atoms with Crippen LogP contribution in [0.2, 0.25) is 0 Å². The highest BCUT2D eigenvalue weighted by Crippen LogP contribution is 2.25. The third-order valence-corrected chi connectivity index (χ3v) is 5.96. The van der Waals surface area contributed by atoms with E-state index in [0.717, 1.165) is 12.1 Å². The Balaban J connectivity index is 1.71. The topological polar surface area (TPSA) is 92.5 Å². The number of nitrogens with one attached hydrogen (secondary N) is 1. The number of nitrogens with zero attached hydrogens (tertiary/aromatic N) is 2. The molecule has 0 saturated carbocycles. The number of carbonyl (C=O) groups excluding carboxylic acids is 1. The fourth-order valence-electron chi connectivity index (χ4n) is 2.78. The molecule has 0 bridgehead atoms. The summed E-state index contributed by atoms with van der Waals surface area (Å²) in [5, 5.41) is 6.34. The summed E-state index contributed by atoms with van der Waals surface area (Å²) in [5.41, 5.74) is 0. The Morgan fingerprint density at radius 1 is 1.36 bits per heavy atom. The van der Waals surface area contributed by atoms with Crippen molar-refractivity contribution in [1.29, 1.82) is 0 Å². The van der Waals surface area contributed by atoms with E-state index < -0.39 is 21.8 Å². The normalized spacial score (nSPS) is 18.9. The Morgan fingerprint density at radius 2 is 2.08 bits per heavy atom. The van der Waals surface area contributed by atoms with Gasteiger partial charge in [-0.05, 0) is 44.0 Å². The molecule has 1 saturated heterocycles. The van der Waals surface area contributed by atoms with Crippen LogP contribution in [0.3, 0.4) is 0 Å². The number of amides is 1. The van der Waals surface area contributed by atoms with Gasteiger partial charge in [0.05, 0.1) is 10.8 Å². The van der Waals surface area contributed by atoms with Gasteiger partial charge in [-0.15, -0.1) is 0 Å². The van der Waals surface area contributed by atoms with Crippen molar-refractivity contribution in [2.45, 2.75) is 24.7 Å². The molecule has 2 aromatic rings. The third-order valence-electron chi connectivity index (χ3n) is 4.09. The molecule has 1 aromatic carbocycles. The number of benzene rings is 1. The quantitative estimate of drug-likeness (QED) is 0.894. The van der Waals surface area contributed by atoms with Crippen molar-refractivity contribution in [1.82, 2.24) is 9.46 Å². The SMILES string of the molecule is Cc1cc(NC(=O)[C@@H]2CCCN(S(=O)(=O)c3ccc(F)cc3)C2)no1. The van der Waals surface area contributed by atoms with Crippen molar-refractivity contribution in [3.63, 3.8) is 0 Å². The number of halogens is 1. The molecule has 1 atom stereocenters. The van der Waals surface area contributed by atoms with Gasteiger partial charge in [0.15, 0.2) is 5.82 Å². The van der Waals surface area contributed by atoms with Crippen molar-refractivity contribution < 1.29 is 22.1 Å². The van der Waals surface area contributed by atoms with Gasteiger partial charge in [-0.1, -0.05) is 5.16 Å². The monoisotopic (exact) mass is 367 g/mol. The smallest absolute Gasteiger partial charge is 0.243 e. The van der Waals surface area contributed by atoms with Crippen LogP contribution in [0.15, 0.2) is 39.8 Å². The molecular weight excluding hydrogens is 349 g/mol. The third kappa shape index (κ3) is 3.88. The van der Waals surface area contributed by atoms with Crippen LogP contribution in [0.25, 0.3) is 0 Å². The number of hydrogen-bond donors (Lipinski definition) is 1. The highest BCUT2D eigenvalue weighted by Gasteiger charge is 2.33. The zero-order chi connectivity index (χ0) is 18.0. The molecule has 25 heavy (non-hydrogen) atoms. The molecule has 134 valence electrons. The van der Waals surface area contributed by atoms with Crippen LogP contribution in [0.4, 0.5) is 10.2 Å². The van der Waals surface area contributed by atoms with Gasteiger partial charge in [-0.25, -0.2) is 12.8 Å². The molecule has 7 nitrogen and oxygen atoms in total. The van der Waals surface area contributed by atoms with Crippen LogP contribution in [0.1, 0.15) is 18.6 Å². The molecule has 0 radical (unpaired) electrons. The molecule has 1 aliphatic heterocycles. The molecule has 0 unspecified atom stereocenters. The van der Waals surface area contributed by atoms with Gasteiger partial charge in [0.25, 0.3) is 0 Å². The molecule has 0 aliphatic carbocycles. The number of hydrogen-bond acceptors (Lipinski definition) is 5. The lowest BCUT2D eigenvalue weighted by molar-refractivity contribution is -0.120. The summed E-state index contributed by atoms with van der Waals surface area (Å²) in [6.07, 6.45) is 1.15. The fraction of sp³-hybridized carbons (Fsp3) is 0.375. The molecule has 1 fully saturated rings. The summed E-state index contributed by atoms with van der Waals surface area (Å²) in [6, 6.07) is 6.26. The van der Waals surface area contributed by atoms with Crippen molar-refractivity contribution in [3.05, 3.63) is 41.9 Å². The largest absolute Gasteiger partial charge is 0.360 e. The Bertz CT molecular complexity index is 864. The van der Waals surface area contributed by atoms with E-state index in [1.54, 1.807) is 13.0 Å². The number of aryl methyl sites for hydroxylation is 1. The van der Waals surface area contributed by atoms with Gasteiger partial charge in [0.1, 0.15) is 11.6 Å². The summed E-state index contributed by atoms with van der Waals surface area (Å²) in [4.78, 5) is 12.4. The summed E-state index contributed by atoms with van der Waals surface area (Å²) in [7, 11) is -3.76. The molecule has 1 N–H and O–H groups in total. The van der Waals surface area contributed by atoms with Gasteiger partial charge in [-0.2, -0.15) is 4.31 Å². The molecule has 9 heteroatoms. The minimum atomic E-state index is -3.76. The molecular formula is C16H18FN3O4S. The first-order valence-corrected chi connectivity index (χ1v) is 9.30. The van der Waals surface area contributed by atoms with E-state index in [-0.39, 0.29) is 17.3 Å². The van der Waals surface area contributed by atoms with Crippen LogP contribution in [0.5, 0.6) is 0 Å². The molecule has 0 spiro atoms. The molecule has 2 heterocycles. The Morgan fingerprint density at radius 3 is 2.72 bits per heavy atom. The first-order valence-electron chi connectivity index (χ1n) is 7.86. The van der Waals surface area contributed by atoms with E-state index in [1.807, 2.05) is 0 Å². The highest BCUT2D eigenvalue weighted by atomic mass is 32.2. The first kappa shape index (κ1) is 17.6. The van der Waals surface area contributed by atoms with Crippen LogP contribution in [0, 0.1) is 18.7 Å². The predicted octanol–water partition coefficient (Wildman–Crippen LogP) is 2.16. The predicted molar refractivity (Wildman–Crippen MR) is 87.8 cm³/mol. The highest BCUT2D eigenvalue weighted by molar-refractivity contribution is 7.89. The van der Waals surface area contributed by atoms with Crippen molar-refractivity contribution in [2.24, 2.45) is 5.92 Å². The lowest BCUT2D eigenvalue weighted by Crippen LogP contribution is -2.43. The average molecular weight is 367 g/mol. The minimum Gasteiger partial charge on any atom is -0.360 e. The molecule has 1 aromatic heterocycles. The van der Waals surface area contributed by atoms with Gasteiger partial charge >= 0.3 is 0 Å². The van der Waals surface area contributed by atoms with E-state index in [0.29, 0.717) is 31.0 Å². The number of sulfonamides is 1.